The summed E-state index contributed by atoms with van der Waals surface area (Å²) < 4.78 is 10.1. The second-order valence-electron chi connectivity index (χ2n) is 9.19. The number of ether oxygens (including phenoxy) is 2. The molecular weight excluding hydrogens is 631 g/mol. The van der Waals surface area contributed by atoms with Crippen molar-refractivity contribution in [2.45, 2.75) is 52.4 Å². The minimum absolute atomic E-state index is 0. The van der Waals surface area contributed by atoms with Crippen molar-refractivity contribution >= 4 is 49.4 Å². The standard InChI is InChI=1S/C12H14BrNO5.C10H12BrNO3.CH3O.Na/c1-12(2,3)7-5-8(13)10(19-11(15)18-4)6-9(7)14(16)17;1-10(2,3)6-4-7(11)9(13)5-8(6)12(14)15;1-2;/h5-6H,1-4H3;4-5,13H,1-3H3;1H3;/q;;-1;+1. The van der Waals surface area contributed by atoms with Gasteiger partial charge in [-0.05, 0) is 54.8 Å². The molecule has 0 heterocycles. The molecule has 0 radical (unpaired) electrons. The number of nitro groups is 2. The third kappa shape index (κ3) is 11.2. The van der Waals surface area contributed by atoms with E-state index in [4.69, 9.17) is 9.84 Å². The summed E-state index contributed by atoms with van der Waals surface area (Å²) >= 11 is 6.37. The molecule has 0 spiro atoms. The van der Waals surface area contributed by atoms with Crippen LogP contribution in [-0.2, 0) is 15.6 Å². The first-order chi connectivity index (χ1) is 16.4. The molecule has 14 heteroatoms. The van der Waals surface area contributed by atoms with Gasteiger partial charge in [0.25, 0.3) is 11.4 Å². The van der Waals surface area contributed by atoms with Gasteiger partial charge in [0.15, 0.2) is 5.75 Å². The fourth-order valence-corrected chi connectivity index (χ4v) is 3.57. The Bertz CT molecular complexity index is 1110. The van der Waals surface area contributed by atoms with Crippen LogP contribution < -0.4 is 39.4 Å². The molecule has 0 amide bonds. The van der Waals surface area contributed by atoms with E-state index in [9.17, 15) is 30.1 Å². The Balaban J connectivity index is 0. The summed E-state index contributed by atoms with van der Waals surface area (Å²) in [5.41, 5.74) is 0.240. The Morgan fingerprint density at radius 3 is 1.57 bits per heavy atom. The Labute approximate surface area is 254 Å². The van der Waals surface area contributed by atoms with Crippen molar-refractivity contribution < 1.29 is 63.9 Å². The van der Waals surface area contributed by atoms with Gasteiger partial charge in [0.2, 0.25) is 0 Å². The quantitative estimate of drug-likeness (QED) is 0.171. The molecule has 1 N–H and O–H groups in total. The maximum atomic E-state index is 11.1. The van der Waals surface area contributed by atoms with Crippen molar-refractivity contribution in [3.05, 3.63) is 64.6 Å². The number of nitrogens with zero attached hydrogens (tertiary/aromatic N) is 2. The van der Waals surface area contributed by atoms with E-state index in [0.717, 1.165) is 14.2 Å². The molecule has 0 bridgehead atoms. The van der Waals surface area contributed by atoms with E-state index in [1.165, 1.54) is 12.1 Å². The predicted octanol–water partition coefficient (Wildman–Crippen LogP) is 3.14. The van der Waals surface area contributed by atoms with Crippen LogP contribution in [0.25, 0.3) is 0 Å². The van der Waals surface area contributed by atoms with Crippen molar-refractivity contribution in [1.29, 1.82) is 0 Å². The molecule has 0 saturated heterocycles. The van der Waals surface area contributed by atoms with Gasteiger partial charge in [0.1, 0.15) is 5.75 Å². The number of nitro benzene ring substituents is 2. The number of hydrogen-bond acceptors (Lipinski definition) is 9. The molecule has 0 aliphatic heterocycles. The summed E-state index contributed by atoms with van der Waals surface area (Å²) in [6.45, 7) is 11.3. The maximum Gasteiger partial charge on any atom is 1.00 e. The number of benzene rings is 2. The first-order valence-corrected chi connectivity index (χ1v) is 11.8. The Kier molecular flexibility index (Phi) is 15.8. The molecule has 200 valence electrons. The van der Waals surface area contributed by atoms with Crippen LogP contribution in [0.4, 0.5) is 16.2 Å². The number of phenolic OH excluding ortho intramolecular Hbond substituents is 1. The summed E-state index contributed by atoms with van der Waals surface area (Å²) in [5.74, 6) is -0.0683. The number of aromatic hydroxyl groups is 1. The second-order valence-corrected chi connectivity index (χ2v) is 10.9. The molecular formula is C23H29Br2N2NaO9. The molecule has 0 aliphatic rings. The van der Waals surface area contributed by atoms with Crippen LogP contribution in [0.3, 0.4) is 0 Å². The van der Waals surface area contributed by atoms with Crippen LogP contribution in [0, 0.1) is 20.2 Å². The molecule has 0 fully saturated rings. The molecule has 0 aliphatic carbocycles. The van der Waals surface area contributed by atoms with Crippen LogP contribution in [0.15, 0.2) is 33.2 Å². The third-order valence-corrected chi connectivity index (χ3v) is 5.74. The number of methoxy groups -OCH3 is 1. The number of phenols is 1. The monoisotopic (exact) mass is 658 g/mol. The molecule has 0 saturated carbocycles. The van der Waals surface area contributed by atoms with E-state index < -0.39 is 21.4 Å². The zero-order valence-electron chi connectivity index (χ0n) is 22.2. The minimum Gasteiger partial charge on any atom is -0.857 e. The first-order valence-electron chi connectivity index (χ1n) is 10.2. The zero-order valence-corrected chi connectivity index (χ0v) is 27.3. The molecule has 2 rings (SSSR count). The maximum absolute atomic E-state index is 11.1. The van der Waals surface area contributed by atoms with Crippen LogP contribution in [0.5, 0.6) is 11.5 Å². The summed E-state index contributed by atoms with van der Waals surface area (Å²) in [5, 5.41) is 39.6. The molecule has 0 aromatic heterocycles. The summed E-state index contributed by atoms with van der Waals surface area (Å²) in [6, 6.07) is 5.55. The van der Waals surface area contributed by atoms with E-state index in [2.05, 4.69) is 36.6 Å². The summed E-state index contributed by atoms with van der Waals surface area (Å²) in [6.07, 6.45) is -0.932. The van der Waals surface area contributed by atoms with Crippen molar-refractivity contribution in [2.75, 3.05) is 14.2 Å². The van der Waals surface area contributed by atoms with Crippen LogP contribution >= 0.6 is 31.9 Å². The normalized spacial score (nSPS) is 10.5. The van der Waals surface area contributed by atoms with Crippen molar-refractivity contribution in [1.82, 2.24) is 0 Å². The van der Waals surface area contributed by atoms with E-state index in [1.807, 2.05) is 41.5 Å². The van der Waals surface area contributed by atoms with Gasteiger partial charge in [-0.2, -0.15) is 7.11 Å². The van der Waals surface area contributed by atoms with Gasteiger partial charge < -0.3 is 19.7 Å². The molecule has 0 atom stereocenters. The fourth-order valence-electron chi connectivity index (χ4n) is 2.81. The zero-order chi connectivity index (χ0) is 28.6. The summed E-state index contributed by atoms with van der Waals surface area (Å²) in [4.78, 5) is 32.0. The van der Waals surface area contributed by atoms with E-state index >= 15 is 0 Å². The Hall–Kier alpha value is -1.77. The van der Waals surface area contributed by atoms with Crippen molar-refractivity contribution in [2.24, 2.45) is 0 Å². The number of hydrogen-bond donors (Lipinski definition) is 1. The van der Waals surface area contributed by atoms with E-state index in [-0.39, 0.29) is 57.8 Å². The topological polar surface area (TPSA) is 165 Å². The van der Waals surface area contributed by atoms with Crippen molar-refractivity contribution in [3.8, 4) is 11.5 Å². The molecule has 2 aromatic rings. The average molecular weight is 660 g/mol. The fraction of sp³-hybridized carbons (Fsp3) is 0.435. The van der Waals surface area contributed by atoms with Crippen molar-refractivity contribution in [3.63, 3.8) is 0 Å². The van der Waals surface area contributed by atoms with Gasteiger partial charge >= 0.3 is 35.7 Å². The molecule has 37 heavy (non-hydrogen) atoms. The SMILES string of the molecule is CC(C)(C)c1cc(Br)c(O)cc1[N+](=O)[O-].COC(=O)Oc1cc([N+](=O)[O-])c(C(C)(C)C)cc1Br.C[O-].[Na+]. The van der Waals surface area contributed by atoms with Gasteiger partial charge in [0.05, 0.1) is 38.0 Å². The molecule has 0 unspecified atom stereocenters. The predicted molar refractivity (Wildman–Crippen MR) is 140 cm³/mol. The van der Waals surface area contributed by atoms with Gasteiger partial charge in [-0.1, -0.05) is 41.5 Å². The van der Waals surface area contributed by atoms with Gasteiger partial charge in [-0.25, -0.2) is 4.79 Å². The minimum atomic E-state index is -0.932. The van der Waals surface area contributed by atoms with Crippen LogP contribution in [-0.4, -0.2) is 35.3 Å². The van der Waals surface area contributed by atoms with Gasteiger partial charge in [-0.15, -0.1) is 0 Å². The Morgan fingerprint density at radius 2 is 1.22 bits per heavy atom. The Morgan fingerprint density at radius 1 is 0.838 bits per heavy atom. The number of carbonyl (C=O) groups is 1. The largest absolute Gasteiger partial charge is 1.00 e. The number of carbonyl (C=O) groups excluding carboxylic acids is 1. The van der Waals surface area contributed by atoms with E-state index in [1.54, 1.807) is 12.1 Å². The average Bonchev–Trinajstić information content (AvgIpc) is 2.76. The summed E-state index contributed by atoms with van der Waals surface area (Å²) in [7, 11) is 1.91. The van der Waals surface area contributed by atoms with Gasteiger partial charge in [-0.3, -0.25) is 20.2 Å². The van der Waals surface area contributed by atoms with E-state index in [0.29, 0.717) is 20.1 Å². The van der Waals surface area contributed by atoms with Crippen LogP contribution in [0.1, 0.15) is 52.7 Å². The first kappa shape index (κ1) is 37.4. The van der Waals surface area contributed by atoms with Gasteiger partial charge in [0, 0.05) is 11.1 Å². The smallest absolute Gasteiger partial charge is 0.857 e. The third-order valence-electron chi connectivity index (χ3n) is 4.48. The second kappa shape index (κ2) is 15.6. The number of halogens is 2. The molecule has 11 nitrogen and oxygen atoms in total. The molecule has 2 aromatic carbocycles. The number of rotatable bonds is 3. The van der Waals surface area contributed by atoms with Crippen LogP contribution in [0.2, 0.25) is 0 Å².